The molecule has 2 rings (SSSR count). The van der Waals surface area contributed by atoms with E-state index in [1.165, 1.54) is 5.56 Å². The van der Waals surface area contributed by atoms with E-state index in [0.717, 1.165) is 30.8 Å². The minimum atomic E-state index is 0.0527. The Morgan fingerprint density at radius 3 is 2.12 bits per heavy atom. The van der Waals surface area contributed by atoms with Gasteiger partial charge in [-0.05, 0) is 55.4 Å². The van der Waals surface area contributed by atoms with E-state index in [0.29, 0.717) is 18.1 Å². The van der Waals surface area contributed by atoms with Gasteiger partial charge in [0.1, 0.15) is 0 Å². The van der Waals surface area contributed by atoms with Gasteiger partial charge in [0.2, 0.25) is 0 Å². The summed E-state index contributed by atoms with van der Waals surface area (Å²) in [5.41, 5.74) is 3.01. The molecule has 134 valence electrons. The maximum Gasteiger partial charge on any atom is 0.254 e. The predicted molar refractivity (Wildman–Crippen MR) is 105 cm³/mol. The number of carbonyl (C=O) groups excluding carboxylic acids is 1. The minimum absolute atomic E-state index is 0.0527. The number of amides is 1. The van der Waals surface area contributed by atoms with Crippen LogP contribution in [-0.4, -0.2) is 35.3 Å². The fourth-order valence-corrected chi connectivity index (χ4v) is 3.04. The first-order chi connectivity index (χ1) is 12.1. The lowest BCUT2D eigenvalue weighted by Crippen LogP contribution is -2.30. The van der Waals surface area contributed by atoms with Gasteiger partial charge in [-0.1, -0.05) is 49.7 Å². The summed E-state index contributed by atoms with van der Waals surface area (Å²) in [4.78, 5) is 17.0. The molecule has 0 aromatic heterocycles. The smallest absolute Gasteiger partial charge is 0.254 e. The highest BCUT2D eigenvalue weighted by atomic mass is 35.5. The van der Waals surface area contributed by atoms with Gasteiger partial charge in [-0.3, -0.25) is 9.69 Å². The van der Waals surface area contributed by atoms with Crippen LogP contribution in [0.4, 0.5) is 0 Å². The van der Waals surface area contributed by atoms with Crippen LogP contribution in [0.1, 0.15) is 42.3 Å². The van der Waals surface area contributed by atoms with Crippen LogP contribution in [0.3, 0.4) is 0 Å². The summed E-state index contributed by atoms with van der Waals surface area (Å²) in [6.45, 7) is 10.5. The summed E-state index contributed by atoms with van der Waals surface area (Å²) in [6.07, 6.45) is 0. The molecular weight excluding hydrogens is 332 g/mol. The summed E-state index contributed by atoms with van der Waals surface area (Å²) in [6, 6.07) is 15.6. The van der Waals surface area contributed by atoms with E-state index in [1.807, 2.05) is 48.2 Å². The standard InChI is InChI=1S/C21H27ClN2O/c1-4-23(5-2)15-17-10-12-19(13-11-17)21(25)24(6-3)16-18-8-7-9-20(22)14-18/h7-14H,4-6,15-16H2,1-3H3. The van der Waals surface area contributed by atoms with Gasteiger partial charge in [0.25, 0.3) is 5.91 Å². The van der Waals surface area contributed by atoms with Crippen molar-refractivity contribution in [2.24, 2.45) is 0 Å². The minimum Gasteiger partial charge on any atom is -0.335 e. The molecule has 0 aliphatic rings. The van der Waals surface area contributed by atoms with Gasteiger partial charge in [0, 0.05) is 30.2 Å². The van der Waals surface area contributed by atoms with E-state index >= 15 is 0 Å². The van der Waals surface area contributed by atoms with Gasteiger partial charge in [0.15, 0.2) is 0 Å². The van der Waals surface area contributed by atoms with Crippen molar-refractivity contribution in [1.29, 1.82) is 0 Å². The van der Waals surface area contributed by atoms with Crippen molar-refractivity contribution in [2.45, 2.75) is 33.9 Å². The van der Waals surface area contributed by atoms with Crippen LogP contribution >= 0.6 is 11.6 Å². The average molecular weight is 359 g/mol. The Balaban J connectivity index is 2.07. The van der Waals surface area contributed by atoms with Crippen LogP contribution in [0.2, 0.25) is 5.02 Å². The second-order valence-corrected chi connectivity index (χ2v) is 6.54. The molecule has 2 aromatic rings. The van der Waals surface area contributed by atoms with Crippen LogP contribution in [0.15, 0.2) is 48.5 Å². The second-order valence-electron chi connectivity index (χ2n) is 6.11. The summed E-state index contributed by atoms with van der Waals surface area (Å²) in [5, 5.41) is 0.696. The van der Waals surface area contributed by atoms with Gasteiger partial charge in [0.05, 0.1) is 0 Å². The van der Waals surface area contributed by atoms with Gasteiger partial charge < -0.3 is 4.90 Å². The van der Waals surface area contributed by atoms with Crippen molar-refractivity contribution in [3.05, 3.63) is 70.2 Å². The Morgan fingerprint density at radius 1 is 0.880 bits per heavy atom. The highest BCUT2D eigenvalue weighted by Crippen LogP contribution is 2.15. The first-order valence-corrected chi connectivity index (χ1v) is 9.30. The molecule has 0 aliphatic carbocycles. The third kappa shape index (κ3) is 5.58. The summed E-state index contributed by atoms with van der Waals surface area (Å²) in [7, 11) is 0. The zero-order chi connectivity index (χ0) is 18.2. The lowest BCUT2D eigenvalue weighted by Gasteiger charge is -2.22. The molecule has 0 unspecified atom stereocenters. The first-order valence-electron chi connectivity index (χ1n) is 8.92. The highest BCUT2D eigenvalue weighted by molar-refractivity contribution is 6.30. The molecule has 0 atom stereocenters. The molecule has 2 aromatic carbocycles. The number of nitrogens with zero attached hydrogens (tertiary/aromatic N) is 2. The summed E-state index contributed by atoms with van der Waals surface area (Å²) in [5.74, 6) is 0.0527. The molecule has 25 heavy (non-hydrogen) atoms. The van der Waals surface area contributed by atoms with E-state index in [1.54, 1.807) is 0 Å². The van der Waals surface area contributed by atoms with Crippen molar-refractivity contribution < 1.29 is 4.79 Å². The SMILES string of the molecule is CCN(CC)Cc1ccc(C(=O)N(CC)Cc2cccc(Cl)c2)cc1. The highest BCUT2D eigenvalue weighted by Gasteiger charge is 2.15. The van der Waals surface area contributed by atoms with E-state index in [9.17, 15) is 4.79 Å². The lowest BCUT2D eigenvalue weighted by molar-refractivity contribution is 0.0752. The van der Waals surface area contributed by atoms with Crippen LogP contribution in [0.25, 0.3) is 0 Å². The molecule has 0 saturated heterocycles. The van der Waals surface area contributed by atoms with Crippen molar-refractivity contribution in [1.82, 2.24) is 9.80 Å². The molecule has 0 bridgehead atoms. The molecule has 0 aliphatic heterocycles. The lowest BCUT2D eigenvalue weighted by atomic mass is 10.1. The molecule has 0 N–H and O–H groups in total. The Labute approximate surface area is 156 Å². The zero-order valence-electron chi connectivity index (χ0n) is 15.3. The third-order valence-electron chi connectivity index (χ3n) is 4.43. The first kappa shape index (κ1) is 19.5. The van der Waals surface area contributed by atoms with Crippen LogP contribution in [0.5, 0.6) is 0 Å². The zero-order valence-corrected chi connectivity index (χ0v) is 16.1. The van der Waals surface area contributed by atoms with Crippen molar-refractivity contribution >= 4 is 17.5 Å². The van der Waals surface area contributed by atoms with Crippen LogP contribution in [0, 0.1) is 0 Å². The molecule has 0 radical (unpaired) electrons. The maximum atomic E-state index is 12.8. The summed E-state index contributed by atoms with van der Waals surface area (Å²) < 4.78 is 0. The fourth-order valence-electron chi connectivity index (χ4n) is 2.82. The third-order valence-corrected chi connectivity index (χ3v) is 4.67. The van der Waals surface area contributed by atoms with E-state index in [-0.39, 0.29) is 5.91 Å². The quantitative estimate of drug-likeness (QED) is 0.673. The Morgan fingerprint density at radius 2 is 1.56 bits per heavy atom. The number of carbonyl (C=O) groups is 1. The second kappa shape index (κ2) is 9.59. The fraction of sp³-hybridized carbons (Fsp3) is 0.381. The van der Waals surface area contributed by atoms with E-state index in [2.05, 4.69) is 30.9 Å². The topological polar surface area (TPSA) is 23.6 Å². The molecule has 0 spiro atoms. The van der Waals surface area contributed by atoms with E-state index in [4.69, 9.17) is 11.6 Å². The van der Waals surface area contributed by atoms with Gasteiger partial charge in [-0.2, -0.15) is 0 Å². The van der Waals surface area contributed by atoms with Crippen LogP contribution < -0.4 is 0 Å². The number of benzene rings is 2. The number of rotatable bonds is 8. The largest absolute Gasteiger partial charge is 0.335 e. The molecule has 0 heterocycles. The average Bonchev–Trinajstić information content (AvgIpc) is 2.64. The normalized spacial score (nSPS) is 10.9. The Kier molecular flexibility index (Phi) is 7.48. The van der Waals surface area contributed by atoms with Crippen molar-refractivity contribution in [2.75, 3.05) is 19.6 Å². The molecule has 0 saturated carbocycles. The van der Waals surface area contributed by atoms with Crippen molar-refractivity contribution in [3.63, 3.8) is 0 Å². The number of hydrogen-bond donors (Lipinski definition) is 0. The van der Waals surface area contributed by atoms with Crippen molar-refractivity contribution in [3.8, 4) is 0 Å². The Bertz CT molecular complexity index is 681. The van der Waals surface area contributed by atoms with E-state index < -0.39 is 0 Å². The van der Waals surface area contributed by atoms with Gasteiger partial charge in [-0.25, -0.2) is 0 Å². The number of hydrogen-bond acceptors (Lipinski definition) is 2. The molecular formula is C21H27ClN2O. The number of halogens is 1. The molecule has 1 amide bonds. The monoisotopic (exact) mass is 358 g/mol. The molecule has 3 nitrogen and oxygen atoms in total. The van der Waals surface area contributed by atoms with Gasteiger partial charge >= 0.3 is 0 Å². The van der Waals surface area contributed by atoms with Gasteiger partial charge in [-0.15, -0.1) is 0 Å². The summed E-state index contributed by atoms with van der Waals surface area (Å²) >= 11 is 6.04. The predicted octanol–water partition coefficient (Wildman–Crippen LogP) is 4.84. The Hall–Kier alpha value is -1.84. The molecule has 4 heteroatoms. The maximum absolute atomic E-state index is 12.8. The molecule has 0 fully saturated rings. The van der Waals surface area contributed by atoms with Crippen LogP contribution in [-0.2, 0) is 13.1 Å².